The van der Waals surface area contributed by atoms with Gasteiger partial charge in [0.05, 0.1) is 18.9 Å². The number of carbonyl (C=O) groups excluding carboxylic acids is 2. The fourth-order valence-electron chi connectivity index (χ4n) is 2.64. The zero-order valence-corrected chi connectivity index (χ0v) is 14.4. The lowest BCUT2D eigenvalue weighted by atomic mass is 10.1. The highest BCUT2D eigenvalue weighted by molar-refractivity contribution is 6.03. The van der Waals surface area contributed by atoms with Crippen molar-refractivity contribution in [2.75, 3.05) is 6.54 Å². The average Bonchev–Trinajstić information content (AvgIpc) is 3.05. The van der Waals surface area contributed by atoms with Crippen molar-refractivity contribution in [2.45, 2.75) is 20.0 Å². The summed E-state index contributed by atoms with van der Waals surface area (Å²) in [5.41, 5.74) is 7.50. The molecule has 0 aliphatic rings. The second-order valence-corrected chi connectivity index (χ2v) is 5.74. The van der Waals surface area contributed by atoms with Gasteiger partial charge in [0, 0.05) is 14.1 Å². The Morgan fingerprint density at radius 2 is 1.60 bits per heavy atom. The molecule has 0 aromatic carbocycles. The first-order valence-corrected chi connectivity index (χ1v) is 7.44. The number of nitrogens with two attached hydrogens (primary N) is 1. The number of amides is 1. The summed E-state index contributed by atoms with van der Waals surface area (Å²) in [7, 11) is 3.14. The Hall–Kier alpha value is -3.01. The van der Waals surface area contributed by atoms with Crippen LogP contribution in [0.15, 0.2) is 12.4 Å². The van der Waals surface area contributed by atoms with E-state index in [1.807, 2.05) is 0 Å². The molecule has 0 bridgehead atoms. The number of carboxylic acid groups (broad SMARTS) is 1. The third-order valence-electron chi connectivity index (χ3n) is 3.91. The Balaban J connectivity index is 2.27. The van der Waals surface area contributed by atoms with Crippen molar-refractivity contribution in [3.63, 3.8) is 0 Å². The van der Waals surface area contributed by atoms with Crippen LogP contribution in [0.3, 0.4) is 0 Å². The fraction of sp³-hybridized carbons (Fsp3) is 0.400. The largest absolute Gasteiger partial charge is 0.465 e. The molecule has 0 fully saturated rings. The van der Waals surface area contributed by atoms with E-state index in [1.54, 1.807) is 27.9 Å². The van der Waals surface area contributed by atoms with E-state index < -0.39 is 30.4 Å². The van der Waals surface area contributed by atoms with Gasteiger partial charge in [-0.15, -0.1) is 0 Å². The van der Waals surface area contributed by atoms with E-state index in [1.165, 1.54) is 21.8 Å². The summed E-state index contributed by atoms with van der Waals surface area (Å²) < 4.78 is 2.68. The van der Waals surface area contributed by atoms with E-state index in [4.69, 9.17) is 5.73 Å². The molecule has 0 spiro atoms. The van der Waals surface area contributed by atoms with Gasteiger partial charge in [0.25, 0.3) is 0 Å². The minimum absolute atomic E-state index is 0.197. The van der Waals surface area contributed by atoms with E-state index in [2.05, 4.69) is 10.2 Å². The normalized spacial score (nSPS) is 12.0. The van der Waals surface area contributed by atoms with Gasteiger partial charge in [-0.3, -0.25) is 23.9 Å². The number of hydrogen-bond donors (Lipinski definition) is 2. The summed E-state index contributed by atoms with van der Waals surface area (Å²) in [6, 6.07) is 0. The molecular weight excluding hydrogens is 328 g/mol. The number of aryl methyl sites for hydroxylation is 4. The van der Waals surface area contributed by atoms with Gasteiger partial charge in [0.15, 0.2) is 0 Å². The van der Waals surface area contributed by atoms with Gasteiger partial charge in [-0.1, -0.05) is 0 Å². The number of ketones is 2. The highest BCUT2D eigenvalue weighted by Crippen LogP contribution is 2.13. The van der Waals surface area contributed by atoms with Crippen LogP contribution in [0.2, 0.25) is 0 Å². The SMILES string of the molecule is Cc1cnn(C)c1C(=O)CN(C(=O)O)C(N)C(=O)c1c(C)cnn1C. The molecule has 0 radical (unpaired) electrons. The van der Waals surface area contributed by atoms with Gasteiger partial charge in [0.2, 0.25) is 11.6 Å². The fourth-order valence-corrected chi connectivity index (χ4v) is 2.64. The minimum atomic E-state index is -1.52. The van der Waals surface area contributed by atoms with E-state index in [0.29, 0.717) is 16.0 Å². The van der Waals surface area contributed by atoms with Crippen LogP contribution in [0, 0.1) is 13.8 Å². The molecule has 1 atom stereocenters. The Kier molecular flexibility index (Phi) is 5.02. The highest BCUT2D eigenvalue weighted by Gasteiger charge is 2.32. The predicted octanol–water partition coefficient (Wildman–Crippen LogP) is 0.101. The molecule has 2 rings (SSSR count). The molecule has 2 aromatic rings. The van der Waals surface area contributed by atoms with E-state index in [0.717, 1.165) is 0 Å². The molecule has 2 aromatic heterocycles. The number of rotatable bonds is 6. The Morgan fingerprint density at radius 3 is 2.00 bits per heavy atom. The molecule has 1 unspecified atom stereocenters. The second-order valence-electron chi connectivity index (χ2n) is 5.74. The van der Waals surface area contributed by atoms with Gasteiger partial charge in [0.1, 0.15) is 17.6 Å². The maximum atomic E-state index is 12.6. The van der Waals surface area contributed by atoms with Crippen molar-refractivity contribution in [1.82, 2.24) is 24.5 Å². The minimum Gasteiger partial charge on any atom is -0.465 e. The van der Waals surface area contributed by atoms with Crippen LogP contribution >= 0.6 is 0 Å². The third-order valence-corrected chi connectivity index (χ3v) is 3.91. The van der Waals surface area contributed by atoms with Crippen molar-refractivity contribution in [1.29, 1.82) is 0 Å². The van der Waals surface area contributed by atoms with Crippen LogP contribution in [-0.4, -0.2) is 59.9 Å². The lowest BCUT2D eigenvalue weighted by molar-refractivity contribution is 0.0732. The molecular formula is C15H20N6O4. The smallest absolute Gasteiger partial charge is 0.409 e. The van der Waals surface area contributed by atoms with Crippen LogP contribution < -0.4 is 5.73 Å². The predicted molar refractivity (Wildman–Crippen MR) is 87.3 cm³/mol. The van der Waals surface area contributed by atoms with Crippen molar-refractivity contribution >= 4 is 17.7 Å². The summed E-state index contributed by atoms with van der Waals surface area (Å²) in [5.74, 6) is -1.13. The van der Waals surface area contributed by atoms with E-state index in [-0.39, 0.29) is 11.4 Å². The van der Waals surface area contributed by atoms with E-state index >= 15 is 0 Å². The lowest BCUT2D eigenvalue weighted by Gasteiger charge is -2.24. The summed E-state index contributed by atoms with van der Waals surface area (Å²) in [6.45, 7) is 2.80. The number of nitrogens with zero attached hydrogens (tertiary/aromatic N) is 5. The quantitative estimate of drug-likeness (QED) is 0.558. The maximum Gasteiger partial charge on any atom is 0.409 e. The first kappa shape index (κ1) is 18.3. The molecule has 25 heavy (non-hydrogen) atoms. The number of carbonyl (C=O) groups is 3. The summed E-state index contributed by atoms with van der Waals surface area (Å²) in [4.78, 5) is 37.2. The molecule has 0 aliphatic heterocycles. The first-order valence-electron chi connectivity index (χ1n) is 7.44. The Bertz CT molecular complexity index is 798. The lowest BCUT2D eigenvalue weighted by Crippen LogP contribution is -2.52. The van der Waals surface area contributed by atoms with Crippen LogP contribution in [0.5, 0.6) is 0 Å². The van der Waals surface area contributed by atoms with Crippen molar-refractivity contribution in [2.24, 2.45) is 19.8 Å². The molecule has 134 valence electrons. The van der Waals surface area contributed by atoms with Crippen molar-refractivity contribution < 1.29 is 19.5 Å². The van der Waals surface area contributed by atoms with Gasteiger partial charge in [-0.05, 0) is 25.0 Å². The van der Waals surface area contributed by atoms with Gasteiger partial charge in [-0.25, -0.2) is 4.79 Å². The molecule has 10 heteroatoms. The average molecular weight is 348 g/mol. The first-order chi connectivity index (χ1) is 11.6. The third kappa shape index (κ3) is 3.43. The summed E-state index contributed by atoms with van der Waals surface area (Å²) in [6.07, 6.45) is -0.00427. The Morgan fingerprint density at radius 1 is 1.12 bits per heavy atom. The number of hydrogen-bond acceptors (Lipinski definition) is 6. The van der Waals surface area contributed by atoms with Gasteiger partial charge < -0.3 is 10.8 Å². The molecule has 10 nitrogen and oxygen atoms in total. The van der Waals surface area contributed by atoms with Gasteiger partial charge >= 0.3 is 6.09 Å². The molecule has 1 amide bonds. The van der Waals surface area contributed by atoms with E-state index in [9.17, 15) is 19.5 Å². The van der Waals surface area contributed by atoms with Crippen LogP contribution in [0.4, 0.5) is 4.79 Å². The van der Waals surface area contributed by atoms with Crippen molar-refractivity contribution in [3.8, 4) is 0 Å². The second kappa shape index (κ2) is 6.85. The number of Topliss-reactive ketones (excluding diaryl/α,β-unsaturated/α-hetero) is 2. The maximum absolute atomic E-state index is 12.6. The molecule has 3 N–H and O–H groups in total. The monoisotopic (exact) mass is 348 g/mol. The zero-order valence-electron chi connectivity index (χ0n) is 14.4. The standard InChI is InChI=1S/C15H20N6O4/c1-8-5-17-19(3)11(8)10(22)7-21(15(24)25)14(16)13(23)12-9(2)6-18-20(12)4/h5-6,14H,7,16H2,1-4H3,(H,24,25). The molecule has 0 saturated heterocycles. The zero-order chi connectivity index (χ0) is 18.9. The topological polar surface area (TPSA) is 136 Å². The number of aromatic nitrogens is 4. The molecule has 2 heterocycles. The Labute approximate surface area is 143 Å². The van der Waals surface area contributed by atoms with Crippen LogP contribution in [-0.2, 0) is 14.1 Å². The molecule has 0 saturated carbocycles. The van der Waals surface area contributed by atoms with Crippen LogP contribution in [0.25, 0.3) is 0 Å². The summed E-state index contributed by atoms with van der Waals surface area (Å²) in [5, 5.41) is 17.3. The molecule has 0 aliphatic carbocycles. The van der Waals surface area contributed by atoms with Crippen LogP contribution in [0.1, 0.15) is 32.1 Å². The van der Waals surface area contributed by atoms with Gasteiger partial charge in [-0.2, -0.15) is 10.2 Å². The van der Waals surface area contributed by atoms with Crippen molar-refractivity contribution in [3.05, 3.63) is 34.9 Å². The summed E-state index contributed by atoms with van der Waals surface area (Å²) >= 11 is 0. The highest BCUT2D eigenvalue weighted by atomic mass is 16.4.